The summed E-state index contributed by atoms with van der Waals surface area (Å²) >= 11 is 0. The van der Waals surface area contributed by atoms with Crippen molar-refractivity contribution in [2.75, 3.05) is 19.8 Å². The van der Waals surface area contributed by atoms with Crippen LogP contribution in [0, 0.1) is 11.6 Å². The van der Waals surface area contributed by atoms with Crippen molar-refractivity contribution >= 4 is 11.9 Å². The summed E-state index contributed by atoms with van der Waals surface area (Å²) in [5.41, 5.74) is 0.100. The van der Waals surface area contributed by atoms with E-state index in [4.69, 9.17) is 9.84 Å². The van der Waals surface area contributed by atoms with Gasteiger partial charge in [0.05, 0.1) is 13.2 Å². The standard InChI is InChI=1S/C14H15F2NO4/c15-10-2-3-11(16)9(7-10)1-4-13(18)17-5-6-21-8-12(17)14(19)20/h2-3,7,12H,1,4-6,8H2,(H,19,20)/t12-/m0/s1. The zero-order valence-electron chi connectivity index (χ0n) is 11.2. The first-order chi connectivity index (χ1) is 9.99. The molecule has 1 fully saturated rings. The van der Waals surface area contributed by atoms with E-state index >= 15 is 0 Å². The zero-order chi connectivity index (χ0) is 15.4. The molecule has 0 spiro atoms. The Morgan fingerprint density at radius 3 is 2.86 bits per heavy atom. The average Bonchev–Trinajstić information content (AvgIpc) is 2.47. The van der Waals surface area contributed by atoms with Gasteiger partial charge in [-0.05, 0) is 30.2 Å². The molecule has 1 saturated heterocycles. The molecule has 0 saturated carbocycles. The predicted molar refractivity (Wildman–Crippen MR) is 68.6 cm³/mol. The Bertz CT molecular complexity index is 550. The molecule has 0 unspecified atom stereocenters. The van der Waals surface area contributed by atoms with Crippen LogP contribution >= 0.6 is 0 Å². The van der Waals surface area contributed by atoms with Gasteiger partial charge in [0.1, 0.15) is 11.6 Å². The van der Waals surface area contributed by atoms with Crippen molar-refractivity contribution in [3.05, 3.63) is 35.4 Å². The second-order valence-electron chi connectivity index (χ2n) is 4.75. The fourth-order valence-corrected chi connectivity index (χ4v) is 2.23. The number of aliphatic carboxylic acids is 1. The number of benzene rings is 1. The van der Waals surface area contributed by atoms with Crippen molar-refractivity contribution in [3.63, 3.8) is 0 Å². The van der Waals surface area contributed by atoms with Crippen molar-refractivity contribution < 1.29 is 28.2 Å². The number of hydrogen-bond donors (Lipinski definition) is 1. The molecule has 1 aromatic rings. The highest BCUT2D eigenvalue weighted by Crippen LogP contribution is 2.15. The Hall–Kier alpha value is -2.02. The van der Waals surface area contributed by atoms with Crippen molar-refractivity contribution in [3.8, 4) is 0 Å². The third-order valence-corrected chi connectivity index (χ3v) is 3.35. The summed E-state index contributed by atoms with van der Waals surface area (Å²) < 4.78 is 31.5. The smallest absolute Gasteiger partial charge is 0.328 e. The molecule has 1 aliphatic heterocycles. The number of aryl methyl sites for hydroxylation is 1. The van der Waals surface area contributed by atoms with Crippen LogP contribution in [0.3, 0.4) is 0 Å². The van der Waals surface area contributed by atoms with Gasteiger partial charge in [-0.25, -0.2) is 13.6 Å². The zero-order valence-corrected chi connectivity index (χ0v) is 11.2. The number of halogens is 2. The average molecular weight is 299 g/mol. The van der Waals surface area contributed by atoms with E-state index in [9.17, 15) is 18.4 Å². The molecule has 21 heavy (non-hydrogen) atoms. The molecule has 2 rings (SSSR count). The van der Waals surface area contributed by atoms with Gasteiger partial charge in [0, 0.05) is 13.0 Å². The highest BCUT2D eigenvalue weighted by molar-refractivity contribution is 5.84. The topological polar surface area (TPSA) is 66.8 Å². The van der Waals surface area contributed by atoms with Gasteiger partial charge in [0.2, 0.25) is 5.91 Å². The van der Waals surface area contributed by atoms with Crippen LogP contribution in [0.15, 0.2) is 18.2 Å². The lowest BCUT2D eigenvalue weighted by Crippen LogP contribution is -2.52. The Morgan fingerprint density at radius 1 is 1.38 bits per heavy atom. The fraction of sp³-hybridized carbons (Fsp3) is 0.429. The Balaban J connectivity index is 2.00. The maximum atomic E-state index is 13.5. The van der Waals surface area contributed by atoms with Crippen molar-refractivity contribution in [1.82, 2.24) is 4.90 Å². The number of carboxylic acids is 1. The first kappa shape index (κ1) is 15.4. The monoisotopic (exact) mass is 299 g/mol. The molecule has 1 heterocycles. The molecule has 0 aromatic heterocycles. The maximum absolute atomic E-state index is 13.5. The largest absolute Gasteiger partial charge is 0.480 e. The van der Waals surface area contributed by atoms with Crippen LogP contribution in [-0.4, -0.2) is 47.7 Å². The van der Waals surface area contributed by atoms with Crippen LogP contribution in [-0.2, 0) is 20.7 Å². The van der Waals surface area contributed by atoms with E-state index in [1.54, 1.807) is 0 Å². The number of nitrogens with zero attached hydrogens (tertiary/aromatic N) is 1. The second kappa shape index (κ2) is 6.62. The van der Waals surface area contributed by atoms with Crippen LogP contribution < -0.4 is 0 Å². The summed E-state index contributed by atoms with van der Waals surface area (Å²) in [5.74, 6) is -2.70. The van der Waals surface area contributed by atoms with Crippen LogP contribution in [0.25, 0.3) is 0 Å². The molecular weight excluding hydrogens is 284 g/mol. The van der Waals surface area contributed by atoms with E-state index in [1.165, 1.54) is 4.90 Å². The van der Waals surface area contributed by atoms with E-state index in [-0.39, 0.29) is 38.2 Å². The molecular formula is C14H15F2NO4. The summed E-state index contributed by atoms with van der Waals surface area (Å²) in [6.45, 7) is 0.390. The molecule has 1 N–H and O–H groups in total. The van der Waals surface area contributed by atoms with Crippen molar-refractivity contribution in [2.24, 2.45) is 0 Å². The summed E-state index contributed by atoms with van der Waals surface area (Å²) in [6, 6.07) is 2.02. The van der Waals surface area contributed by atoms with Gasteiger partial charge >= 0.3 is 5.97 Å². The highest BCUT2D eigenvalue weighted by Gasteiger charge is 2.32. The van der Waals surface area contributed by atoms with Crippen LogP contribution in [0.2, 0.25) is 0 Å². The third-order valence-electron chi connectivity index (χ3n) is 3.35. The number of hydrogen-bond acceptors (Lipinski definition) is 3. The molecule has 1 atom stereocenters. The summed E-state index contributed by atoms with van der Waals surface area (Å²) in [6.07, 6.45) is -0.0592. The van der Waals surface area contributed by atoms with Gasteiger partial charge in [0.25, 0.3) is 0 Å². The van der Waals surface area contributed by atoms with Gasteiger partial charge in [-0.1, -0.05) is 0 Å². The van der Waals surface area contributed by atoms with Crippen LogP contribution in [0.5, 0.6) is 0 Å². The van der Waals surface area contributed by atoms with Gasteiger partial charge < -0.3 is 14.7 Å². The molecule has 1 aliphatic rings. The molecule has 114 valence electrons. The van der Waals surface area contributed by atoms with E-state index in [0.717, 1.165) is 18.2 Å². The lowest BCUT2D eigenvalue weighted by Gasteiger charge is -2.32. The predicted octanol–water partition coefficient (Wildman–Crippen LogP) is 1.21. The van der Waals surface area contributed by atoms with Gasteiger partial charge in [0.15, 0.2) is 6.04 Å². The first-order valence-corrected chi connectivity index (χ1v) is 6.53. The maximum Gasteiger partial charge on any atom is 0.328 e. The van der Waals surface area contributed by atoms with Crippen LogP contribution in [0.1, 0.15) is 12.0 Å². The van der Waals surface area contributed by atoms with Crippen molar-refractivity contribution in [1.29, 1.82) is 0 Å². The molecule has 1 amide bonds. The molecule has 0 aliphatic carbocycles. The normalized spacial score (nSPS) is 18.6. The van der Waals surface area contributed by atoms with Gasteiger partial charge in [-0.3, -0.25) is 4.79 Å². The number of carboxylic acid groups (broad SMARTS) is 1. The molecule has 0 radical (unpaired) electrons. The van der Waals surface area contributed by atoms with Crippen LogP contribution in [0.4, 0.5) is 8.78 Å². The Labute approximate surface area is 120 Å². The minimum absolute atomic E-state index is 0.0200. The second-order valence-corrected chi connectivity index (χ2v) is 4.75. The Kier molecular flexibility index (Phi) is 4.85. The van der Waals surface area contributed by atoms with E-state index in [1.807, 2.05) is 0 Å². The quantitative estimate of drug-likeness (QED) is 0.907. The number of rotatable bonds is 4. The van der Waals surface area contributed by atoms with Crippen molar-refractivity contribution in [2.45, 2.75) is 18.9 Å². The fourth-order valence-electron chi connectivity index (χ4n) is 2.23. The summed E-state index contributed by atoms with van der Waals surface area (Å²) in [4.78, 5) is 24.3. The number of morpholine rings is 1. The first-order valence-electron chi connectivity index (χ1n) is 6.53. The third kappa shape index (κ3) is 3.75. The Morgan fingerprint density at radius 2 is 2.14 bits per heavy atom. The summed E-state index contributed by atoms with van der Waals surface area (Å²) in [7, 11) is 0. The van der Waals surface area contributed by atoms with E-state index in [2.05, 4.69) is 0 Å². The lowest BCUT2D eigenvalue weighted by atomic mass is 10.1. The van der Waals surface area contributed by atoms with E-state index < -0.39 is 29.6 Å². The SMILES string of the molecule is O=C(O)[C@@H]1COCCN1C(=O)CCc1cc(F)ccc1F. The minimum atomic E-state index is -1.14. The lowest BCUT2D eigenvalue weighted by molar-refractivity contribution is -0.158. The highest BCUT2D eigenvalue weighted by atomic mass is 19.1. The van der Waals surface area contributed by atoms with Gasteiger partial charge in [-0.2, -0.15) is 0 Å². The van der Waals surface area contributed by atoms with E-state index in [0.29, 0.717) is 0 Å². The number of carbonyl (C=O) groups is 2. The molecule has 0 bridgehead atoms. The summed E-state index contributed by atoms with van der Waals surface area (Å²) in [5, 5.41) is 9.04. The number of amides is 1. The van der Waals surface area contributed by atoms with Gasteiger partial charge in [-0.15, -0.1) is 0 Å². The molecule has 1 aromatic carbocycles. The number of ether oxygens (including phenoxy) is 1. The minimum Gasteiger partial charge on any atom is -0.480 e. The molecule has 5 nitrogen and oxygen atoms in total. The number of carbonyl (C=O) groups excluding carboxylic acids is 1. The molecule has 7 heteroatoms.